The second-order valence-corrected chi connectivity index (χ2v) is 5.55. The number of rotatable bonds is 2. The zero-order valence-electron chi connectivity index (χ0n) is 10.9. The molecule has 0 atom stereocenters. The smallest absolute Gasteiger partial charge is 0.275 e. The quantitative estimate of drug-likeness (QED) is 0.617. The number of carbonyl (C=O) groups is 1. The standard InChI is InChI=1S/C15H10N4OS/c20-14(17-10-5-7-16-8-6-10)11-9-19-12-3-1-2-4-13(12)21-15(19)18-11/h1-9H,(H,16,17,20). The fraction of sp³-hybridized carbons (Fsp3) is 0. The highest BCUT2D eigenvalue weighted by molar-refractivity contribution is 7.23. The Kier molecular flexibility index (Phi) is 2.68. The van der Waals surface area contributed by atoms with Crippen LogP contribution >= 0.6 is 11.3 Å². The predicted molar refractivity (Wildman–Crippen MR) is 82.8 cm³/mol. The molecule has 3 aromatic heterocycles. The van der Waals surface area contributed by atoms with Crippen molar-refractivity contribution >= 4 is 38.1 Å². The van der Waals surface area contributed by atoms with Crippen molar-refractivity contribution in [3.63, 3.8) is 0 Å². The Hall–Kier alpha value is -2.73. The molecule has 21 heavy (non-hydrogen) atoms. The minimum atomic E-state index is -0.221. The number of imidazole rings is 1. The lowest BCUT2D eigenvalue weighted by Crippen LogP contribution is -2.12. The molecule has 0 bridgehead atoms. The molecule has 0 fully saturated rings. The number of aromatic nitrogens is 3. The number of carbonyl (C=O) groups excluding carboxylic acids is 1. The van der Waals surface area contributed by atoms with Crippen LogP contribution in [-0.2, 0) is 0 Å². The lowest BCUT2D eigenvalue weighted by Gasteiger charge is -2.01. The summed E-state index contributed by atoms with van der Waals surface area (Å²) in [6, 6.07) is 11.5. The second-order valence-electron chi connectivity index (χ2n) is 4.54. The molecule has 0 aliphatic heterocycles. The first-order valence-electron chi connectivity index (χ1n) is 6.39. The van der Waals surface area contributed by atoms with E-state index in [-0.39, 0.29) is 5.91 Å². The molecule has 0 unspecified atom stereocenters. The molecule has 4 aromatic rings. The number of benzene rings is 1. The molecular formula is C15H10N4OS. The van der Waals surface area contributed by atoms with Crippen LogP contribution in [0, 0.1) is 0 Å². The lowest BCUT2D eigenvalue weighted by molar-refractivity contribution is 0.102. The molecule has 0 radical (unpaired) electrons. The monoisotopic (exact) mass is 294 g/mol. The van der Waals surface area contributed by atoms with Gasteiger partial charge < -0.3 is 5.32 Å². The molecule has 0 aliphatic carbocycles. The van der Waals surface area contributed by atoms with E-state index in [0.717, 1.165) is 15.2 Å². The van der Waals surface area contributed by atoms with Crippen LogP contribution in [0.15, 0.2) is 55.0 Å². The van der Waals surface area contributed by atoms with E-state index in [1.165, 1.54) is 0 Å². The Morgan fingerprint density at radius 1 is 1.14 bits per heavy atom. The normalized spacial score (nSPS) is 11.0. The van der Waals surface area contributed by atoms with Gasteiger partial charge in [-0.25, -0.2) is 4.98 Å². The van der Waals surface area contributed by atoms with Gasteiger partial charge in [-0.3, -0.25) is 14.2 Å². The van der Waals surface area contributed by atoms with Crippen LogP contribution in [0.1, 0.15) is 10.5 Å². The Labute approximate surface area is 123 Å². The average molecular weight is 294 g/mol. The maximum atomic E-state index is 12.2. The number of anilines is 1. The van der Waals surface area contributed by atoms with Crippen molar-refractivity contribution in [2.75, 3.05) is 5.32 Å². The van der Waals surface area contributed by atoms with Crippen molar-refractivity contribution in [1.29, 1.82) is 0 Å². The highest BCUT2D eigenvalue weighted by Gasteiger charge is 2.14. The molecule has 0 saturated heterocycles. The largest absolute Gasteiger partial charge is 0.320 e. The lowest BCUT2D eigenvalue weighted by atomic mass is 10.3. The fourth-order valence-electron chi connectivity index (χ4n) is 2.19. The zero-order chi connectivity index (χ0) is 14.2. The van der Waals surface area contributed by atoms with Crippen molar-refractivity contribution in [2.24, 2.45) is 0 Å². The van der Waals surface area contributed by atoms with E-state index >= 15 is 0 Å². The third-order valence-corrected chi connectivity index (χ3v) is 4.21. The van der Waals surface area contributed by atoms with E-state index < -0.39 is 0 Å². The summed E-state index contributed by atoms with van der Waals surface area (Å²) in [5.74, 6) is -0.221. The number of nitrogens with one attached hydrogen (secondary N) is 1. The van der Waals surface area contributed by atoms with Crippen LogP contribution in [0.5, 0.6) is 0 Å². The van der Waals surface area contributed by atoms with Gasteiger partial charge in [0.2, 0.25) is 0 Å². The molecular weight excluding hydrogens is 284 g/mol. The number of para-hydroxylation sites is 1. The Balaban J connectivity index is 1.72. The predicted octanol–water partition coefficient (Wildman–Crippen LogP) is 3.20. The fourth-order valence-corrected chi connectivity index (χ4v) is 3.20. The first kappa shape index (κ1) is 12.0. The average Bonchev–Trinajstić information content (AvgIpc) is 3.06. The number of fused-ring (bicyclic) bond motifs is 3. The third-order valence-electron chi connectivity index (χ3n) is 3.17. The summed E-state index contributed by atoms with van der Waals surface area (Å²) >= 11 is 1.57. The van der Waals surface area contributed by atoms with Gasteiger partial charge in [-0.2, -0.15) is 0 Å². The first-order valence-corrected chi connectivity index (χ1v) is 7.21. The van der Waals surface area contributed by atoms with Crippen molar-refractivity contribution in [1.82, 2.24) is 14.4 Å². The minimum Gasteiger partial charge on any atom is -0.320 e. The van der Waals surface area contributed by atoms with E-state index in [9.17, 15) is 4.79 Å². The van der Waals surface area contributed by atoms with E-state index in [4.69, 9.17) is 0 Å². The molecule has 1 amide bonds. The maximum Gasteiger partial charge on any atom is 0.275 e. The number of hydrogen-bond acceptors (Lipinski definition) is 4. The van der Waals surface area contributed by atoms with Gasteiger partial charge in [-0.1, -0.05) is 23.5 Å². The van der Waals surface area contributed by atoms with Crippen LogP contribution < -0.4 is 5.32 Å². The van der Waals surface area contributed by atoms with Crippen LogP contribution in [0.25, 0.3) is 15.2 Å². The molecule has 1 N–H and O–H groups in total. The minimum absolute atomic E-state index is 0.221. The summed E-state index contributed by atoms with van der Waals surface area (Å²) in [4.78, 5) is 21.3. The third kappa shape index (κ3) is 2.05. The Bertz CT molecular complexity index is 942. The van der Waals surface area contributed by atoms with Crippen LogP contribution in [0.3, 0.4) is 0 Å². The Morgan fingerprint density at radius 3 is 2.81 bits per heavy atom. The first-order chi connectivity index (χ1) is 10.3. The summed E-state index contributed by atoms with van der Waals surface area (Å²) in [5, 5.41) is 2.81. The van der Waals surface area contributed by atoms with Gasteiger partial charge in [-0.05, 0) is 24.3 Å². The molecule has 102 valence electrons. The molecule has 0 aliphatic rings. The summed E-state index contributed by atoms with van der Waals surface area (Å²) in [5.41, 5.74) is 2.17. The van der Waals surface area contributed by atoms with Crippen molar-refractivity contribution < 1.29 is 4.79 Å². The van der Waals surface area contributed by atoms with Gasteiger partial charge >= 0.3 is 0 Å². The van der Waals surface area contributed by atoms with Gasteiger partial charge in [-0.15, -0.1) is 0 Å². The van der Waals surface area contributed by atoms with E-state index in [2.05, 4.69) is 15.3 Å². The number of pyridine rings is 1. The number of hydrogen-bond donors (Lipinski definition) is 1. The zero-order valence-corrected chi connectivity index (χ0v) is 11.7. The van der Waals surface area contributed by atoms with Gasteiger partial charge in [0.25, 0.3) is 5.91 Å². The number of amides is 1. The molecule has 3 heterocycles. The van der Waals surface area contributed by atoms with Crippen LogP contribution in [0.4, 0.5) is 5.69 Å². The van der Waals surface area contributed by atoms with E-state index in [1.54, 1.807) is 42.1 Å². The van der Waals surface area contributed by atoms with Crippen LogP contribution in [0.2, 0.25) is 0 Å². The van der Waals surface area contributed by atoms with Crippen LogP contribution in [-0.4, -0.2) is 20.3 Å². The highest BCUT2D eigenvalue weighted by atomic mass is 32.1. The SMILES string of the molecule is O=C(Nc1ccncc1)c1cn2c(n1)sc1ccccc12. The number of nitrogens with zero attached hydrogens (tertiary/aromatic N) is 3. The molecule has 0 spiro atoms. The van der Waals surface area contributed by atoms with Gasteiger partial charge in [0.15, 0.2) is 4.96 Å². The Morgan fingerprint density at radius 2 is 1.95 bits per heavy atom. The molecule has 4 rings (SSSR count). The van der Waals surface area contributed by atoms with E-state index in [0.29, 0.717) is 11.4 Å². The molecule has 0 saturated carbocycles. The molecule has 1 aromatic carbocycles. The number of thiazole rings is 1. The molecule has 6 heteroatoms. The molecule has 5 nitrogen and oxygen atoms in total. The van der Waals surface area contributed by atoms with Crippen molar-refractivity contribution in [3.05, 3.63) is 60.7 Å². The van der Waals surface area contributed by atoms with Crippen molar-refractivity contribution in [2.45, 2.75) is 0 Å². The van der Waals surface area contributed by atoms with Crippen molar-refractivity contribution in [3.8, 4) is 0 Å². The summed E-state index contributed by atoms with van der Waals surface area (Å²) in [6.07, 6.45) is 5.04. The topological polar surface area (TPSA) is 59.3 Å². The van der Waals surface area contributed by atoms with Gasteiger partial charge in [0, 0.05) is 24.3 Å². The van der Waals surface area contributed by atoms with Gasteiger partial charge in [0.1, 0.15) is 5.69 Å². The maximum absolute atomic E-state index is 12.2. The summed E-state index contributed by atoms with van der Waals surface area (Å²) in [7, 11) is 0. The summed E-state index contributed by atoms with van der Waals surface area (Å²) in [6.45, 7) is 0. The summed E-state index contributed by atoms with van der Waals surface area (Å²) < 4.78 is 3.10. The van der Waals surface area contributed by atoms with E-state index in [1.807, 2.05) is 28.7 Å². The highest BCUT2D eigenvalue weighted by Crippen LogP contribution is 2.26. The second kappa shape index (κ2) is 4.68. The van der Waals surface area contributed by atoms with Gasteiger partial charge in [0.05, 0.1) is 10.2 Å².